The molecule has 1 aromatic heterocycles. The summed E-state index contributed by atoms with van der Waals surface area (Å²) in [6, 6.07) is 0.617. The summed E-state index contributed by atoms with van der Waals surface area (Å²) in [4.78, 5) is 20.4. The molecule has 0 spiro atoms. The highest BCUT2D eigenvalue weighted by Crippen LogP contribution is 2.24. The molecule has 0 aliphatic carbocycles. The summed E-state index contributed by atoms with van der Waals surface area (Å²) >= 11 is 1.50. The lowest BCUT2D eigenvalue weighted by Crippen LogP contribution is -2.36. The van der Waals surface area contributed by atoms with Crippen molar-refractivity contribution in [3.8, 4) is 0 Å². The summed E-state index contributed by atoms with van der Waals surface area (Å²) in [7, 11) is 2.16. The van der Waals surface area contributed by atoms with E-state index in [4.69, 9.17) is 5.73 Å². The van der Waals surface area contributed by atoms with Gasteiger partial charge in [-0.2, -0.15) is 4.98 Å². The van der Waals surface area contributed by atoms with Crippen molar-refractivity contribution in [1.29, 1.82) is 0 Å². The first kappa shape index (κ1) is 15.0. The normalized spacial score (nSPS) is 19.9. The lowest BCUT2D eigenvalue weighted by Gasteiger charge is -2.32. The van der Waals surface area contributed by atoms with Gasteiger partial charge < -0.3 is 10.6 Å². The minimum Gasteiger partial charge on any atom is -0.378 e. The summed E-state index contributed by atoms with van der Waals surface area (Å²) in [5.41, 5.74) is 5.31. The lowest BCUT2D eigenvalue weighted by atomic mass is 10.0. The molecule has 1 saturated heterocycles. The van der Waals surface area contributed by atoms with Crippen LogP contribution in [0.5, 0.6) is 0 Å². The van der Waals surface area contributed by atoms with Crippen molar-refractivity contribution in [2.75, 3.05) is 25.1 Å². The van der Waals surface area contributed by atoms with Gasteiger partial charge in [0.15, 0.2) is 5.16 Å². The number of piperidine rings is 1. The third kappa shape index (κ3) is 3.80. The van der Waals surface area contributed by atoms with Crippen molar-refractivity contribution < 1.29 is 4.92 Å². The number of nitrogens with zero attached hydrogens (tertiary/aromatic N) is 4. The van der Waals surface area contributed by atoms with Crippen LogP contribution in [0.4, 0.5) is 11.5 Å². The number of rotatable bonds is 5. The van der Waals surface area contributed by atoms with Gasteiger partial charge in [-0.25, -0.2) is 4.98 Å². The number of aromatic nitrogens is 2. The van der Waals surface area contributed by atoms with Crippen LogP contribution in [0.2, 0.25) is 0 Å². The quantitative estimate of drug-likeness (QED) is 0.384. The van der Waals surface area contributed by atoms with E-state index in [0.717, 1.165) is 18.7 Å². The first-order valence-corrected chi connectivity index (χ1v) is 7.66. The van der Waals surface area contributed by atoms with E-state index in [2.05, 4.69) is 21.9 Å². The topological polar surface area (TPSA) is 98.2 Å². The van der Waals surface area contributed by atoms with Crippen molar-refractivity contribution in [2.45, 2.75) is 36.9 Å². The minimum absolute atomic E-state index is 0.0673. The van der Waals surface area contributed by atoms with Crippen LogP contribution in [0.15, 0.2) is 11.4 Å². The van der Waals surface area contributed by atoms with Crippen molar-refractivity contribution in [2.24, 2.45) is 0 Å². The van der Waals surface area contributed by atoms with Crippen LogP contribution in [0.3, 0.4) is 0 Å². The molecule has 7 nitrogen and oxygen atoms in total. The molecular weight excluding hydrogens is 278 g/mol. The molecule has 1 atom stereocenters. The van der Waals surface area contributed by atoms with Gasteiger partial charge in [0.25, 0.3) is 0 Å². The zero-order chi connectivity index (χ0) is 14.5. The fourth-order valence-electron chi connectivity index (χ4n) is 2.38. The summed E-state index contributed by atoms with van der Waals surface area (Å²) in [5.74, 6) is 0.828. The average molecular weight is 297 g/mol. The molecule has 0 aromatic carbocycles. The van der Waals surface area contributed by atoms with Gasteiger partial charge in [-0.3, -0.25) is 10.1 Å². The predicted molar refractivity (Wildman–Crippen MR) is 78.7 cm³/mol. The largest absolute Gasteiger partial charge is 0.378 e. The maximum absolute atomic E-state index is 10.6. The molecule has 0 saturated carbocycles. The second-order valence-electron chi connectivity index (χ2n) is 4.95. The monoisotopic (exact) mass is 297 g/mol. The standard InChI is InChI=1S/C12H19N5O2S/c1-16-6-3-2-4-9(16)5-7-20-12-14-8-10(17(18)19)11(13)15-12/h8-9H,2-7H2,1H3,(H2,13,14,15). The van der Waals surface area contributed by atoms with Crippen LogP contribution in [0.25, 0.3) is 0 Å². The molecule has 0 radical (unpaired) electrons. The fraction of sp³-hybridized carbons (Fsp3) is 0.667. The molecule has 2 heterocycles. The van der Waals surface area contributed by atoms with Crippen LogP contribution in [0, 0.1) is 10.1 Å². The van der Waals surface area contributed by atoms with Crippen LogP contribution in [0.1, 0.15) is 25.7 Å². The zero-order valence-electron chi connectivity index (χ0n) is 11.5. The molecule has 1 fully saturated rings. The molecule has 0 bridgehead atoms. The highest BCUT2D eigenvalue weighted by molar-refractivity contribution is 7.99. The van der Waals surface area contributed by atoms with Crippen molar-refractivity contribution in [3.05, 3.63) is 16.3 Å². The highest BCUT2D eigenvalue weighted by Gasteiger charge is 2.19. The van der Waals surface area contributed by atoms with Gasteiger partial charge in [0.05, 0.1) is 4.92 Å². The maximum atomic E-state index is 10.6. The zero-order valence-corrected chi connectivity index (χ0v) is 12.3. The number of thioether (sulfide) groups is 1. The van der Waals surface area contributed by atoms with E-state index in [0.29, 0.717) is 11.2 Å². The molecule has 110 valence electrons. The maximum Gasteiger partial charge on any atom is 0.329 e. The van der Waals surface area contributed by atoms with E-state index in [1.54, 1.807) is 0 Å². The first-order valence-electron chi connectivity index (χ1n) is 6.68. The smallest absolute Gasteiger partial charge is 0.329 e. The van der Waals surface area contributed by atoms with Crippen LogP contribution < -0.4 is 5.73 Å². The molecule has 1 aliphatic heterocycles. The van der Waals surface area contributed by atoms with Gasteiger partial charge in [0, 0.05) is 11.8 Å². The number of nitro groups is 1. The Morgan fingerprint density at radius 2 is 2.40 bits per heavy atom. The Morgan fingerprint density at radius 3 is 3.05 bits per heavy atom. The van der Waals surface area contributed by atoms with Crippen LogP contribution in [-0.4, -0.2) is 45.2 Å². The molecule has 1 unspecified atom stereocenters. The molecule has 1 aliphatic rings. The molecule has 2 N–H and O–H groups in total. The third-order valence-electron chi connectivity index (χ3n) is 3.58. The Bertz CT molecular complexity index is 485. The summed E-state index contributed by atoms with van der Waals surface area (Å²) in [5, 5.41) is 11.1. The molecule has 1 aromatic rings. The Balaban J connectivity index is 1.85. The Hall–Kier alpha value is -1.41. The molecule has 2 rings (SSSR count). The number of hydrogen-bond donors (Lipinski definition) is 1. The van der Waals surface area contributed by atoms with E-state index < -0.39 is 4.92 Å². The summed E-state index contributed by atoms with van der Waals surface area (Å²) in [6.45, 7) is 1.16. The van der Waals surface area contributed by atoms with Crippen molar-refractivity contribution in [3.63, 3.8) is 0 Å². The van der Waals surface area contributed by atoms with Gasteiger partial charge in [-0.05, 0) is 32.9 Å². The average Bonchev–Trinajstić information content (AvgIpc) is 2.40. The van der Waals surface area contributed by atoms with Gasteiger partial charge >= 0.3 is 5.69 Å². The molecule has 8 heteroatoms. The van der Waals surface area contributed by atoms with Crippen molar-refractivity contribution in [1.82, 2.24) is 14.9 Å². The second kappa shape index (κ2) is 6.85. The Labute approximate surface area is 122 Å². The minimum atomic E-state index is -0.569. The number of nitrogen functional groups attached to an aromatic ring is 1. The van der Waals surface area contributed by atoms with E-state index in [1.807, 2.05) is 0 Å². The molecular formula is C12H19N5O2S. The Kier molecular flexibility index (Phi) is 5.13. The van der Waals surface area contributed by atoms with Crippen LogP contribution in [-0.2, 0) is 0 Å². The Morgan fingerprint density at radius 1 is 1.60 bits per heavy atom. The number of nitrogens with two attached hydrogens (primary N) is 1. The van der Waals surface area contributed by atoms with Crippen molar-refractivity contribution >= 4 is 23.3 Å². The number of hydrogen-bond acceptors (Lipinski definition) is 7. The predicted octanol–water partition coefficient (Wildman–Crippen LogP) is 1.93. The third-order valence-corrected chi connectivity index (χ3v) is 4.47. The fourth-order valence-corrected chi connectivity index (χ4v) is 3.24. The second-order valence-corrected chi connectivity index (χ2v) is 6.01. The van der Waals surface area contributed by atoms with Gasteiger partial charge in [-0.1, -0.05) is 18.2 Å². The molecule has 0 amide bonds. The summed E-state index contributed by atoms with van der Waals surface area (Å²) in [6.07, 6.45) is 6.06. The number of anilines is 1. The highest BCUT2D eigenvalue weighted by atomic mass is 32.2. The van der Waals surface area contributed by atoms with E-state index in [-0.39, 0.29) is 11.5 Å². The van der Waals surface area contributed by atoms with Crippen LogP contribution >= 0.6 is 11.8 Å². The summed E-state index contributed by atoms with van der Waals surface area (Å²) < 4.78 is 0. The van der Waals surface area contributed by atoms with Gasteiger partial charge in [0.2, 0.25) is 5.82 Å². The number of likely N-dealkylation sites (tertiary alicyclic amines) is 1. The van der Waals surface area contributed by atoms with Gasteiger partial charge in [-0.15, -0.1) is 0 Å². The van der Waals surface area contributed by atoms with Gasteiger partial charge in [0.1, 0.15) is 6.20 Å². The first-order chi connectivity index (χ1) is 9.58. The lowest BCUT2D eigenvalue weighted by molar-refractivity contribution is -0.384. The SMILES string of the molecule is CN1CCCCC1CCSc1ncc([N+](=O)[O-])c(N)n1. The van der Waals surface area contributed by atoms with E-state index >= 15 is 0 Å². The van der Waals surface area contributed by atoms with E-state index in [1.165, 1.54) is 37.2 Å². The van der Waals surface area contributed by atoms with E-state index in [9.17, 15) is 10.1 Å². The molecule has 20 heavy (non-hydrogen) atoms.